The SMILES string of the molecule is NC(CCCCNC(=O)CCCCC1SCC2NC(=O)NC21)C(=O)O.Nc1ccccc1C(=O)OC(=O)C(F)(F)F. The summed E-state index contributed by atoms with van der Waals surface area (Å²) in [5.41, 5.74) is 10.4. The third kappa shape index (κ3) is 11.5. The lowest BCUT2D eigenvalue weighted by Gasteiger charge is -2.16. The third-order valence-corrected chi connectivity index (χ3v) is 7.77. The molecule has 228 valence electrons. The van der Waals surface area contributed by atoms with Crippen molar-refractivity contribution in [1.82, 2.24) is 16.0 Å². The van der Waals surface area contributed by atoms with Crippen LogP contribution < -0.4 is 27.4 Å². The molecule has 4 atom stereocenters. The molecular weight excluding hydrogens is 571 g/mol. The summed E-state index contributed by atoms with van der Waals surface area (Å²) in [6, 6.07) is 4.91. The van der Waals surface area contributed by atoms with Crippen LogP contribution in [-0.2, 0) is 19.1 Å². The van der Waals surface area contributed by atoms with Gasteiger partial charge in [0.15, 0.2) is 0 Å². The van der Waals surface area contributed by atoms with E-state index in [0.29, 0.717) is 31.1 Å². The van der Waals surface area contributed by atoms with Gasteiger partial charge < -0.3 is 37.3 Å². The summed E-state index contributed by atoms with van der Waals surface area (Å²) in [5, 5.41) is 17.9. The van der Waals surface area contributed by atoms with Crippen LogP contribution in [0.2, 0.25) is 0 Å². The van der Waals surface area contributed by atoms with Crippen LogP contribution in [0, 0.1) is 0 Å². The van der Waals surface area contributed by atoms with Crippen molar-refractivity contribution >= 4 is 47.3 Å². The van der Waals surface area contributed by atoms with Gasteiger partial charge in [0.25, 0.3) is 0 Å². The highest BCUT2D eigenvalue weighted by Crippen LogP contribution is 2.33. The fourth-order valence-electron chi connectivity index (χ4n) is 4.08. The number of benzene rings is 1. The van der Waals surface area contributed by atoms with E-state index in [4.69, 9.17) is 16.6 Å². The number of carbonyl (C=O) groups excluding carboxylic acids is 4. The van der Waals surface area contributed by atoms with Crippen molar-refractivity contribution in [2.75, 3.05) is 18.0 Å². The molecule has 0 aromatic heterocycles. The monoisotopic (exact) mass is 605 g/mol. The summed E-state index contributed by atoms with van der Waals surface area (Å²) in [6.07, 6.45) is -0.0325. The lowest BCUT2D eigenvalue weighted by Crippen LogP contribution is -2.36. The Kier molecular flexibility index (Phi) is 13.2. The highest BCUT2D eigenvalue weighted by molar-refractivity contribution is 8.00. The number of anilines is 1. The van der Waals surface area contributed by atoms with E-state index in [9.17, 15) is 37.1 Å². The van der Waals surface area contributed by atoms with E-state index >= 15 is 0 Å². The van der Waals surface area contributed by atoms with E-state index < -0.39 is 30.1 Å². The van der Waals surface area contributed by atoms with E-state index in [0.717, 1.165) is 37.5 Å². The number of amides is 3. The zero-order chi connectivity index (χ0) is 30.6. The molecule has 1 aromatic carbocycles. The normalized spacial score (nSPS) is 20.0. The maximum atomic E-state index is 11.8. The van der Waals surface area contributed by atoms with Gasteiger partial charge in [0.05, 0.1) is 17.6 Å². The molecule has 8 N–H and O–H groups in total. The van der Waals surface area contributed by atoms with Gasteiger partial charge in [-0.25, -0.2) is 14.4 Å². The van der Waals surface area contributed by atoms with Crippen molar-refractivity contribution in [3.8, 4) is 0 Å². The number of nitrogen functional groups attached to an aromatic ring is 1. The van der Waals surface area contributed by atoms with E-state index in [1.54, 1.807) is 0 Å². The molecule has 3 rings (SSSR count). The number of ether oxygens (including phenoxy) is 1. The Balaban J connectivity index is 0.000000317. The molecule has 16 heteroatoms. The number of rotatable bonds is 12. The molecule has 2 saturated heterocycles. The number of aliphatic carboxylic acids is 1. The van der Waals surface area contributed by atoms with Gasteiger partial charge in [-0.1, -0.05) is 18.6 Å². The minimum atomic E-state index is -5.21. The van der Waals surface area contributed by atoms with Gasteiger partial charge in [-0.05, 0) is 44.2 Å². The van der Waals surface area contributed by atoms with Crippen LogP contribution in [0.15, 0.2) is 24.3 Å². The molecule has 0 aliphatic carbocycles. The average molecular weight is 606 g/mol. The maximum absolute atomic E-state index is 11.8. The molecule has 0 spiro atoms. The number of carbonyl (C=O) groups is 5. The molecular formula is C25H34F3N5O7S. The molecule has 2 aliphatic rings. The van der Waals surface area contributed by atoms with Crippen LogP contribution in [-0.4, -0.2) is 76.8 Å². The van der Waals surface area contributed by atoms with Gasteiger partial charge in [-0.3, -0.25) is 9.59 Å². The predicted molar refractivity (Wildman–Crippen MR) is 144 cm³/mol. The number of hydrogen-bond donors (Lipinski definition) is 6. The number of halogens is 3. The lowest BCUT2D eigenvalue weighted by molar-refractivity contribution is -0.193. The zero-order valence-electron chi connectivity index (χ0n) is 22.1. The number of unbranched alkanes of at least 4 members (excludes halogenated alkanes) is 2. The summed E-state index contributed by atoms with van der Waals surface area (Å²) in [4.78, 5) is 55.1. The number of carboxylic acid groups (broad SMARTS) is 1. The van der Waals surface area contributed by atoms with Crippen LogP contribution in [0.1, 0.15) is 55.3 Å². The second-order valence-electron chi connectivity index (χ2n) is 9.42. The standard InChI is InChI=1S/C16H28N4O4S.C9H6F3NO3/c17-10(15(22)23)5-3-4-8-18-13(21)7-2-1-6-12-14-11(9-25-12)19-16(24)20-14;10-9(11,12)8(15)16-7(14)5-3-1-2-4-6(5)13/h10-12,14H,1-9,17H2,(H,18,21)(H,22,23)(H2,19,20,24);1-4H,13H2. The largest absolute Gasteiger partial charge is 0.491 e. The first-order valence-corrected chi connectivity index (χ1v) is 14.0. The first-order valence-electron chi connectivity index (χ1n) is 12.9. The molecule has 0 radical (unpaired) electrons. The molecule has 2 aliphatic heterocycles. The minimum Gasteiger partial charge on any atom is -0.480 e. The molecule has 0 bridgehead atoms. The Morgan fingerprint density at radius 3 is 2.49 bits per heavy atom. The van der Waals surface area contributed by atoms with Gasteiger partial charge >= 0.3 is 30.1 Å². The number of fused-ring (bicyclic) bond motifs is 1. The first-order chi connectivity index (χ1) is 19.3. The molecule has 0 saturated carbocycles. The minimum absolute atomic E-state index is 0.0373. The zero-order valence-corrected chi connectivity index (χ0v) is 22.9. The van der Waals surface area contributed by atoms with Crippen LogP contribution in [0.5, 0.6) is 0 Å². The van der Waals surface area contributed by atoms with Crippen molar-refractivity contribution < 1.29 is 47.0 Å². The van der Waals surface area contributed by atoms with Crippen molar-refractivity contribution in [2.45, 2.75) is 74.5 Å². The van der Waals surface area contributed by atoms with Crippen molar-refractivity contribution in [1.29, 1.82) is 0 Å². The van der Waals surface area contributed by atoms with Gasteiger partial charge in [0.1, 0.15) is 6.04 Å². The average Bonchev–Trinajstić information content (AvgIpc) is 3.45. The summed E-state index contributed by atoms with van der Waals surface area (Å²) >= 11 is 1.89. The van der Waals surface area contributed by atoms with E-state index in [1.807, 2.05) is 11.8 Å². The topological polar surface area (TPSA) is 203 Å². The summed E-state index contributed by atoms with van der Waals surface area (Å²) in [7, 11) is 0. The Bertz CT molecular complexity index is 1090. The number of urea groups is 1. The molecule has 2 fully saturated rings. The number of nitrogens with one attached hydrogen (secondary N) is 3. The Morgan fingerprint density at radius 1 is 1.12 bits per heavy atom. The Labute approximate surface area is 238 Å². The molecule has 1 aromatic rings. The number of carboxylic acids is 1. The van der Waals surface area contributed by atoms with Gasteiger partial charge in [-0.2, -0.15) is 24.9 Å². The highest BCUT2D eigenvalue weighted by Gasteiger charge is 2.43. The number of para-hydroxylation sites is 1. The second kappa shape index (κ2) is 16.0. The Hall–Kier alpha value is -3.53. The lowest BCUT2D eigenvalue weighted by atomic mass is 10.0. The van der Waals surface area contributed by atoms with Crippen LogP contribution >= 0.6 is 11.8 Å². The molecule has 3 amide bonds. The summed E-state index contributed by atoms with van der Waals surface area (Å²) in [6.45, 7) is 0.561. The van der Waals surface area contributed by atoms with Gasteiger partial charge in [0.2, 0.25) is 5.91 Å². The van der Waals surface area contributed by atoms with Crippen LogP contribution in [0.3, 0.4) is 0 Å². The summed E-state index contributed by atoms with van der Waals surface area (Å²) < 4.78 is 38.9. The predicted octanol–water partition coefficient (Wildman–Crippen LogP) is 1.93. The van der Waals surface area contributed by atoms with E-state index in [1.165, 1.54) is 18.2 Å². The molecule has 12 nitrogen and oxygen atoms in total. The maximum Gasteiger partial charge on any atom is 0.491 e. The first kappa shape index (κ1) is 33.7. The quantitative estimate of drug-likeness (QED) is 0.0672. The third-order valence-electron chi connectivity index (χ3n) is 6.26. The van der Waals surface area contributed by atoms with Gasteiger partial charge in [-0.15, -0.1) is 0 Å². The van der Waals surface area contributed by atoms with Crippen molar-refractivity contribution in [2.24, 2.45) is 5.73 Å². The van der Waals surface area contributed by atoms with Crippen LogP contribution in [0.4, 0.5) is 23.7 Å². The van der Waals surface area contributed by atoms with Crippen LogP contribution in [0.25, 0.3) is 0 Å². The Morgan fingerprint density at radius 2 is 1.83 bits per heavy atom. The van der Waals surface area contributed by atoms with Crippen molar-refractivity contribution in [3.63, 3.8) is 0 Å². The molecule has 41 heavy (non-hydrogen) atoms. The number of nitrogens with two attached hydrogens (primary N) is 2. The van der Waals surface area contributed by atoms with Crippen molar-refractivity contribution in [3.05, 3.63) is 29.8 Å². The van der Waals surface area contributed by atoms with Gasteiger partial charge in [0, 0.05) is 29.7 Å². The fraction of sp³-hybridized carbons (Fsp3) is 0.560. The van der Waals surface area contributed by atoms with E-state index in [-0.39, 0.29) is 35.3 Å². The number of thioether (sulfide) groups is 1. The fourth-order valence-corrected chi connectivity index (χ4v) is 5.63. The number of alkyl halides is 3. The number of esters is 2. The molecule has 2 heterocycles. The highest BCUT2D eigenvalue weighted by atomic mass is 32.2. The van der Waals surface area contributed by atoms with E-state index in [2.05, 4.69) is 20.7 Å². The molecule has 4 unspecified atom stereocenters. The second-order valence-corrected chi connectivity index (χ2v) is 10.7. The smallest absolute Gasteiger partial charge is 0.480 e. The summed E-state index contributed by atoms with van der Waals surface area (Å²) in [5.74, 6) is -3.99. The number of hydrogen-bond acceptors (Lipinski definition) is 9.